The molecule has 3 rings (SSSR count). The molecule has 0 radical (unpaired) electrons. The lowest BCUT2D eigenvalue weighted by Gasteiger charge is -2.23. The zero-order valence-corrected chi connectivity index (χ0v) is 13.8. The molecule has 0 fully saturated rings. The first-order valence-electron chi connectivity index (χ1n) is 7.52. The van der Waals surface area contributed by atoms with Gasteiger partial charge in [-0.3, -0.25) is 5.10 Å². The van der Waals surface area contributed by atoms with Gasteiger partial charge in [0.25, 0.3) is 0 Å². The van der Waals surface area contributed by atoms with Gasteiger partial charge >= 0.3 is 12.0 Å². The van der Waals surface area contributed by atoms with Crippen molar-refractivity contribution in [2.45, 2.75) is 25.3 Å². The van der Waals surface area contributed by atoms with Gasteiger partial charge in [0.1, 0.15) is 0 Å². The SMILES string of the molecule is COC(=O)c1cc(Cl)cc(NC(=O)N[C@H]2CCc3cn[nH]c3C2)c1. The maximum atomic E-state index is 12.2. The van der Waals surface area contributed by atoms with Gasteiger partial charge in [0.2, 0.25) is 0 Å². The molecule has 126 valence electrons. The summed E-state index contributed by atoms with van der Waals surface area (Å²) in [6.45, 7) is 0. The Morgan fingerprint density at radius 1 is 1.38 bits per heavy atom. The van der Waals surface area contributed by atoms with Gasteiger partial charge in [-0.1, -0.05) is 11.6 Å². The van der Waals surface area contributed by atoms with E-state index in [4.69, 9.17) is 11.6 Å². The summed E-state index contributed by atoms with van der Waals surface area (Å²) in [5.41, 5.74) is 2.96. The van der Waals surface area contributed by atoms with E-state index in [-0.39, 0.29) is 17.6 Å². The highest BCUT2D eigenvalue weighted by molar-refractivity contribution is 6.31. The first-order valence-corrected chi connectivity index (χ1v) is 7.90. The molecule has 0 bridgehead atoms. The number of amides is 2. The number of anilines is 1. The van der Waals surface area contributed by atoms with Crippen molar-refractivity contribution in [3.05, 3.63) is 46.2 Å². The Labute approximate surface area is 143 Å². The number of esters is 1. The summed E-state index contributed by atoms with van der Waals surface area (Å²) in [5.74, 6) is -0.514. The van der Waals surface area contributed by atoms with Crippen molar-refractivity contribution >= 4 is 29.3 Å². The van der Waals surface area contributed by atoms with Gasteiger partial charge in [-0.05, 0) is 36.6 Å². The molecule has 1 aromatic heterocycles. The summed E-state index contributed by atoms with van der Waals surface area (Å²) in [6.07, 6.45) is 4.26. The van der Waals surface area contributed by atoms with E-state index in [0.29, 0.717) is 17.1 Å². The number of hydrogen-bond donors (Lipinski definition) is 3. The highest BCUT2D eigenvalue weighted by Gasteiger charge is 2.21. The number of rotatable bonds is 3. The number of benzene rings is 1. The molecule has 24 heavy (non-hydrogen) atoms. The minimum Gasteiger partial charge on any atom is -0.465 e. The number of H-pyrrole nitrogens is 1. The van der Waals surface area contributed by atoms with Crippen molar-refractivity contribution in [2.75, 3.05) is 12.4 Å². The number of halogens is 1. The normalized spacial score (nSPS) is 16.2. The smallest absolute Gasteiger partial charge is 0.337 e. The Morgan fingerprint density at radius 3 is 3.00 bits per heavy atom. The molecule has 3 N–H and O–H groups in total. The predicted molar refractivity (Wildman–Crippen MR) is 89.3 cm³/mol. The highest BCUT2D eigenvalue weighted by Crippen LogP contribution is 2.21. The van der Waals surface area contributed by atoms with Crippen LogP contribution < -0.4 is 10.6 Å². The lowest BCUT2D eigenvalue weighted by Crippen LogP contribution is -2.41. The Hall–Kier alpha value is -2.54. The lowest BCUT2D eigenvalue weighted by atomic mass is 9.94. The van der Waals surface area contributed by atoms with Crippen molar-refractivity contribution in [1.82, 2.24) is 15.5 Å². The molecule has 1 aliphatic carbocycles. The second-order valence-corrected chi connectivity index (χ2v) is 6.07. The number of fused-ring (bicyclic) bond motifs is 1. The van der Waals surface area contributed by atoms with Crippen LogP contribution in [0.3, 0.4) is 0 Å². The number of ether oxygens (including phenoxy) is 1. The fraction of sp³-hybridized carbons (Fsp3) is 0.312. The van der Waals surface area contributed by atoms with Crippen molar-refractivity contribution in [3.63, 3.8) is 0 Å². The third-order valence-corrected chi connectivity index (χ3v) is 4.15. The first-order chi connectivity index (χ1) is 11.5. The standard InChI is InChI=1S/C16H17ClN4O3/c1-24-15(22)10-4-11(17)6-13(5-10)20-16(23)19-12-3-2-9-8-18-21-14(9)7-12/h4-6,8,12H,2-3,7H2,1H3,(H,18,21)(H2,19,20,23)/t12-/m0/s1. The van der Waals surface area contributed by atoms with Gasteiger partial charge in [-0.15, -0.1) is 0 Å². The minimum absolute atomic E-state index is 0.0252. The molecule has 1 aromatic carbocycles. The van der Waals surface area contributed by atoms with E-state index in [1.807, 2.05) is 6.20 Å². The van der Waals surface area contributed by atoms with E-state index in [1.54, 1.807) is 6.07 Å². The number of carbonyl (C=O) groups excluding carboxylic acids is 2. The second-order valence-electron chi connectivity index (χ2n) is 5.63. The molecular weight excluding hydrogens is 332 g/mol. The second kappa shape index (κ2) is 6.92. The predicted octanol–water partition coefficient (Wildman–Crippen LogP) is 2.53. The molecule has 0 aliphatic heterocycles. The number of carbonyl (C=O) groups is 2. The van der Waals surface area contributed by atoms with Crippen LogP contribution >= 0.6 is 11.6 Å². The van der Waals surface area contributed by atoms with Crippen LogP contribution in [-0.4, -0.2) is 35.3 Å². The number of aromatic amines is 1. The van der Waals surface area contributed by atoms with E-state index in [2.05, 4.69) is 25.6 Å². The molecule has 2 aromatic rings. The van der Waals surface area contributed by atoms with Crippen molar-refractivity contribution < 1.29 is 14.3 Å². The summed E-state index contributed by atoms with van der Waals surface area (Å²) in [5, 5.41) is 12.9. The minimum atomic E-state index is -0.514. The number of urea groups is 1. The van der Waals surface area contributed by atoms with Crippen LogP contribution in [0.5, 0.6) is 0 Å². The van der Waals surface area contributed by atoms with Crippen molar-refractivity contribution in [2.24, 2.45) is 0 Å². The largest absolute Gasteiger partial charge is 0.465 e. The van der Waals surface area contributed by atoms with Gasteiger partial charge in [0.15, 0.2) is 0 Å². The summed E-state index contributed by atoms with van der Waals surface area (Å²) >= 11 is 5.98. The first kappa shape index (κ1) is 16.3. The van der Waals surface area contributed by atoms with E-state index in [1.165, 1.54) is 24.8 Å². The number of nitrogens with zero attached hydrogens (tertiary/aromatic N) is 1. The molecule has 1 aliphatic rings. The summed E-state index contributed by atoms with van der Waals surface area (Å²) < 4.78 is 4.66. The van der Waals surface area contributed by atoms with E-state index in [9.17, 15) is 9.59 Å². The van der Waals surface area contributed by atoms with Crippen LogP contribution in [0.2, 0.25) is 5.02 Å². The van der Waals surface area contributed by atoms with Crippen LogP contribution in [-0.2, 0) is 17.6 Å². The lowest BCUT2D eigenvalue weighted by molar-refractivity contribution is 0.0600. The summed E-state index contributed by atoms with van der Waals surface area (Å²) in [6, 6.07) is 4.25. The zero-order valence-electron chi connectivity index (χ0n) is 13.1. The molecule has 2 amide bonds. The van der Waals surface area contributed by atoms with Crippen LogP contribution in [0.15, 0.2) is 24.4 Å². The van der Waals surface area contributed by atoms with Gasteiger partial charge in [-0.2, -0.15) is 5.10 Å². The average Bonchev–Trinajstić information content (AvgIpc) is 3.01. The third kappa shape index (κ3) is 3.68. The van der Waals surface area contributed by atoms with Gasteiger partial charge in [0, 0.05) is 28.9 Å². The van der Waals surface area contributed by atoms with Crippen LogP contribution in [0.25, 0.3) is 0 Å². The molecule has 8 heteroatoms. The summed E-state index contributed by atoms with van der Waals surface area (Å²) in [7, 11) is 1.29. The third-order valence-electron chi connectivity index (χ3n) is 3.93. The number of aryl methyl sites for hydroxylation is 1. The number of aromatic nitrogens is 2. The van der Waals surface area contributed by atoms with Crippen LogP contribution in [0, 0.1) is 0 Å². The highest BCUT2D eigenvalue weighted by atomic mass is 35.5. The maximum absolute atomic E-state index is 12.2. The zero-order chi connectivity index (χ0) is 17.1. The van der Waals surface area contributed by atoms with Crippen LogP contribution in [0.1, 0.15) is 28.0 Å². The molecule has 0 unspecified atom stereocenters. The van der Waals surface area contributed by atoms with E-state index < -0.39 is 5.97 Å². The van der Waals surface area contributed by atoms with Gasteiger partial charge in [-0.25, -0.2) is 9.59 Å². The monoisotopic (exact) mass is 348 g/mol. The molecule has 1 atom stereocenters. The van der Waals surface area contributed by atoms with Crippen molar-refractivity contribution in [1.29, 1.82) is 0 Å². The van der Waals surface area contributed by atoms with Crippen LogP contribution in [0.4, 0.5) is 10.5 Å². The summed E-state index contributed by atoms with van der Waals surface area (Å²) in [4.78, 5) is 23.8. The Kier molecular flexibility index (Phi) is 4.71. The van der Waals surface area contributed by atoms with Gasteiger partial charge in [0.05, 0.1) is 18.9 Å². The number of nitrogens with one attached hydrogen (secondary N) is 3. The van der Waals surface area contributed by atoms with Gasteiger partial charge < -0.3 is 15.4 Å². The average molecular weight is 349 g/mol. The maximum Gasteiger partial charge on any atom is 0.337 e. The molecular formula is C16H17ClN4O3. The van der Waals surface area contributed by atoms with E-state index >= 15 is 0 Å². The Balaban J connectivity index is 1.63. The molecule has 0 saturated carbocycles. The Bertz CT molecular complexity index is 774. The molecule has 0 saturated heterocycles. The molecule has 7 nitrogen and oxygen atoms in total. The molecule has 1 heterocycles. The van der Waals surface area contributed by atoms with Crippen molar-refractivity contribution in [3.8, 4) is 0 Å². The van der Waals surface area contributed by atoms with E-state index in [0.717, 1.165) is 18.5 Å². The number of methoxy groups -OCH3 is 1. The Morgan fingerprint density at radius 2 is 2.21 bits per heavy atom. The number of hydrogen-bond acceptors (Lipinski definition) is 4. The fourth-order valence-corrected chi connectivity index (χ4v) is 3.02. The quantitative estimate of drug-likeness (QED) is 0.742. The topological polar surface area (TPSA) is 96.1 Å². The molecule has 0 spiro atoms. The fourth-order valence-electron chi connectivity index (χ4n) is 2.78.